The molecule has 0 radical (unpaired) electrons. The number of pyridine rings is 1. The predicted molar refractivity (Wildman–Crippen MR) is 72.5 cm³/mol. The van der Waals surface area contributed by atoms with Gasteiger partial charge in [0.05, 0.1) is 35.5 Å². The summed E-state index contributed by atoms with van der Waals surface area (Å²) < 4.78 is 3.25. The molecule has 0 aliphatic rings. The van der Waals surface area contributed by atoms with Crippen LogP contribution in [0.3, 0.4) is 0 Å². The number of rotatable bonds is 3. The number of aryl methyl sites for hydroxylation is 1. The Hall–Kier alpha value is -2.96. The van der Waals surface area contributed by atoms with Gasteiger partial charge in [-0.2, -0.15) is 10.2 Å². The number of carbonyl (C=O) groups excluding carboxylic acids is 1. The van der Waals surface area contributed by atoms with Gasteiger partial charge >= 0.3 is 0 Å². The van der Waals surface area contributed by atoms with Crippen LogP contribution < -0.4 is 5.32 Å². The SMILES string of the molecule is Cn1cc(C(=O)Nc2cnn(-c3ccncc3)c2)cn1. The van der Waals surface area contributed by atoms with Gasteiger partial charge in [-0.15, -0.1) is 0 Å². The van der Waals surface area contributed by atoms with E-state index in [1.807, 2.05) is 12.1 Å². The predicted octanol–water partition coefficient (Wildman–Crippen LogP) is 1.25. The van der Waals surface area contributed by atoms with E-state index in [1.165, 1.54) is 6.20 Å². The lowest BCUT2D eigenvalue weighted by molar-refractivity contribution is 0.102. The van der Waals surface area contributed by atoms with E-state index in [2.05, 4.69) is 20.5 Å². The summed E-state index contributed by atoms with van der Waals surface area (Å²) in [4.78, 5) is 15.9. The first-order valence-electron chi connectivity index (χ1n) is 5.97. The quantitative estimate of drug-likeness (QED) is 0.775. The number of hydrogen-bond acceptors (Lipinski definition) is 4. The summed E-state index contributed by atoms with van der Waals surface area (Å²) in [5, 5.41) is 10.9. The lowest BCUT2D eigenvalue weighted by Gasteiger charge is -2.00. The van der Waals surface area contributed by atoms with E-state index in [1.54, 1.807) is 47.4 Å². The highest BCUT2D eigenvalue weighted by molar-refractivity contribution is 6.03. The van der Waals surface area contributed by atoms with Gasteiger partial charge in [-0.1, -0.05) is 0 Å². The third-order valence-corrected chi connectivity index (χ3v) is 2.73. The van der Waals surface area contributed by atoms with Crippen molar-refractivity contribution < 1.29 is 4.79 Å². The monoisotopic (exact) mass is 268 g/mol. The molecule has 7 heteroatoms. The molecule has 3 aromatic heterocycles. The van der Waals surface area contributed by atoms with E-state index < -0.39 is 0 Å². The number of nitrogens with one attached hydrogen (secondary N) is 1. The smallest absolute Gasteiger partial charge is 0.258 e. The summed E-state index contributed by atoms with van der Waals surface area (Å²) in [6, 6.07) is 3.67. The Morgan fingerprint density at radius 3 is 2.65 bits per heavy atom. The summed E-state index contributed by atoms with van der Waals surface area (Å²) in [5.74, 6) is -0.215. The van der Waals surface area contributed by atoms with Crippen LogP contribution in [0, 0.1) is 0 Å². The molecule has 3 heterocycles. The molecule has 3 rings (SSSR count). The molecule has 7 nitrogen and oxygen atoms in total. The second kappa shape index (κ2) is 4.96. The van der Waals surface area contributed by atoms with Crippen LogP contribution in [0.2, 0.25) is 0 Å². The molecule has 1 amide bonds. The average Bonchev–Trinajstić information content (AvgIpc) is 3.09. The minimum absolute atomic E-state index is 0.215. The molecule has 0 unspecified atom stereocenters. The fourth-order valence-electron chi connectivity index (χ4n) is 1.77. The Morgan fingerprint density at radius 1 is 1.15 bits per heavy atom. The Balaban J connectivity index is 1.76. The van der Waals surface area contributed by atoms with Gasteiger partial charge in [0.25, 0.3) is 5.91 Å². The highest BCUT2D eigenvalue weighted by Crippen LogP contribution is 2.11. The second-order valence-corrected chi connectivity index (χ2v) is 4.24. The average molecular weight is 268 g/mol. The van der Waals surface area contributed by atoms with Gasteiger partial charge in [-0.3, -0.25) is 14.5 Å². The van der Waals surface area contributed by atoms with Gasteiger partial charge in [-0.05, 0) is 12.1 Å². The van der Waals surface area contributed by atoms with Gasteiger partial charge in [0.2, 0.25) is 0 Å². The van der Waals surface area contributed by atoms with Crippen molar-refractivity contribution in [1.29, 1.82) is 0 Å². The zero-order chi connectivity index (χ0) is 13.9. The van der Waals surface area contributed by atoms with Crippen LogP contribution in [-0.4, -0.2) is 30.5 Å². The highest BCUT2D eigenvalue weighted by atomic mass is 16.1. The molecule has 0 bridgehead atoms. The van der Waals surface area contributed by atoms with Crippen LogP contribution in [0.15, 0.2) is 49.3 Å². The van der Waals surface area contributed by atoms with Crippen molar-refractivity contribution in [3.8, 4) is 5.69 Å². The first-order chi connectivity index (χ1) is 9.72. The topological polar surface area (TPSA) is 77.6 Å². The standard InChI is InChI=1S/C13H12N6O/c1-18-8-10(6-15-18)13(20)17-11-7-16-19(9-11)12-2-4-14-5-3-12/h2-9H,1H3,(H,17,20). The molecule has 0 saturated carbocycles. The molecule has 1 N–H and O–H groups in total. The lowest BCUT2D eigenvalue weighted by atomic mass is 10.3. The van der Waals surface area contributed by atoms with Crippen LogP contribution in [0.4, 0.5) is 5.69 Å². The van der Waals surface area contributed by atoms with Crippen LogP contribution in [0.25, 0.3) is 5.69 Å². The Labute approximate surface area is 114 Å². The normalized spacial score (nSPS) is 10.4. The number of anilines is 1. The van der Waals surface area contributed by atoms with E-state index >= 15 is 0 Å². The summed E-state index contributed by atoms with van der Waals surface area (Å²) in [7, 11) is 1.76. The second-order valence-electron chi connectivity index (χ2n) is 4.24. The van der Waals surface area contributed by atoms with Crippen molar-refractivity contribution in [2.45, 2.75) is 0 Å². The fraction of sp³-hybridized carbons (Fsp3) is 0.0769. The minimum atomic E-state index is -0.215. The Morgan fingerprint density at radius 2 is 1.95 bits per heavy atom. The number of amides is 1. The summed E-state index contributed by atoms with van der Waals surface area (Å²) >= 11 is 0. The molecule has 0 atom stereocenters. The van der Waals surface area contributed by atoms with Gasteiger partial charge in [-0.25, -0.2) is 4.68 Å². The summed E-state index contributed by atoms with van der Waals surface area (Å²) in [6.07, 6.45) is 9.87. The van der Waals surface area contributed by atoms with Crippen molar-refractivity contribution in [3.05, 3.63) is 54.9 Å². The Kier molecular flexibility index (Phi) is 3.00. The lowest BCUT2D eigenvalue weighted by Crippen LogP contribution is -2.10. The molecule has 0 saturated heterocycles. The van der Waals surface area contributed by atoms with Crippen LogP contribution in [0.1, 0.15) is 10.4 Å². The maximum atomic E-state index is 12.0. The van der Waals surface area contributed by atoms with Crippen LogP contribution in [-0.2, 0) is 7.05 Å². The molecule has 0 spiro atoms. The molecule has 0 fully saturated rings. The molecule has 0 aliphatic heterocycles. The number of nitrogens with zero attached hydrogens (tertiary/aromatic N) is 5. The first kappa shape index (κ1) is 12.1. The fourth-order valence-corrected chi connectivity index (χ4v) is 1.77. The molecule has 100 valence electrons. The van der Waals surface area contributed by atoms with Gasteiger partial charge in [0, 0.05) is 25.6 Å². The molecular weight excluding hydrogens is 256 g/mol. The van der Waals surface area contributed by atoms with Crippen molar-refractivity contribution >= 4 is 11.6 Å². The highest BCUT2D eigenvalue weighted by Gasteiger charge is 2.09. The largest absolute Gasteiger partial charge is 0.319 e. The zero-order valence-corrected chi connectivity index (χ0v) is 10.8. The van der Waals surface area contributed by atoms with Crippen molar-refractivity contribution in [2.24, 2.45) is 7.05 Å². The Bertz CT molecular complexity index is 730. The van der Waals surface area contributed by atoms with E-state index in [4.69, 9.17) is 0 Å². The first-order valence-corrected chi connectivity index (χ1v) is 5.97. The molecule has 3 aromatic rings. The number of carbonyl (C=O) groups is 1. The molecule has 0 aromatic carbocycles. The minimum Gasteiger partial charge on any atom is -0.319 e. The van der Waals surface area contributed by atoms with E-state index in [0.717, 1.165) is 5.69 Å². The van der Waals surface area contributed by atoms with Gasteiger partial charge < -0.3 is 5.32 Å². The molecule has 20 heavy (non-hydrogen) atoms. The molecule has 0 aliphatic carbocycles. The molecular formula is C13H12N6O. The van der Waals surface area contributed by atoms with Gasteiger partial charge in [0.1, 0.15) is 0 Å². The maximum absolute atomic E-state index is 12.0. The van der Waals surface area contributed by atoms with Gasteiger partial charge in [0.15, 0.2) is 0 Å². The summed E-state index contributed by atoms with van der Waals surface area (Å²) in [6.45, 7) is 0. The summed E-state index contributed by atoms with van der Waals surface area (Å²) in [5.41, 5.74) is 2.00. The van der Waals surface area contributed by atoms with E-state index in [0.29, 0.717) is 11.3 Å². The number of hydrogen-bond donors (Lipinski definition) is 1. The van der Waals surface area contributed by atoms with Crippen molar-refractivity contribution in [1.82, 2.24) is 24.5 Å². The van der Waals surface area contributed by atoms with Crippen LogP contribution in [0.5, 0.6) is 0 Å². The zero-order valence-electron chi connectivity index (χ0n) is 10.8. The van der Waals surface area contributed by atoms with Crippen LogP contribution >= 0.6 is 0 Å². The maximum Gasteiger partial charge on any atom is 0.258 e. The van der Waals surface area contributed by atoms with Crippen molar-refractivity contribution in [2.75, 3.05) is 5.32 Å². The third-order valence-electron chi connectivity index (χ3n) is 2.73. The van der Waals surface area contributed by atoms with E-state index in [-0.39, 0.29) is 5.91 Å². The number of aromatic nitrogens is 5. The third kappa shape index (κ3) is 2.41. The van der Waals surface area contributed by atoms with Crippen molar-refractivity contribution in [3.63, 3.8) is 0 Å². The van der Waals surface area contributed by atoms with E-state index in [9.17, 15) is 4.79 Å².